The van der Waals surface area contributed by atoms with E-state index in [2.05, 4.69) is 15.4 Å². The molecule has 2 heterocycles. The molecule has 8 heteroatoms. The Bertz CT molecular complexity index is 1040. The van der Waals surface area contributed by atoms with Gasteiger partial charge in [0.1, 0.15) is 6.54 Å². The highest BCUT2D eigenvalue weighted by Gasteiger charge is 2.09. The monoisotopic (exact) mass is 341 g/mol. The van der Waals surface area contributed by atoms with Crippen molar-refractivity contribution in [3.63, 3.8) is 0 Å². The molecule has 0 radical (unpaired) electrons. The number of fused-ring (bicyclic) bond motifs is 1. The highest BCUT2D eigenvalue weighted by atomic mass is 16.2. The van der Waals surface area contributed by atoms with Crippen LogP contribution in [-0.2, 0) is 17.9 Å². The molecule has 8 nitrogen and oxygen atoms in total. The second-order valence-electron chi connectivity index (χ2n) is 5.84. The summed E-state index contributed by atoms with van der Waals surface area (Å²) in [6.45, 7) is 4.36. The quantitative estimate of drug-likeness (QED) is 0.698. The maximum absolute atomic E-state index is 12.4. The van der Waals surface area contributed by atoms with Gasteiger partial charge in [0.2, 0.25) is 5.91 Å². The highest BCUT2D eigenvalue weighted by Crippen LogP contribution is 2.03. The first-order valence-corrected chi connectivity index (χ1v) is 7.94. The van der Waals surface area contributed by atoms with Gasteiger partial charge in [-0.15, -0.1) is 0 Å². The average molecular weight is 341 g/mol. The third-order valence-electron chi connectivity index (χ3n) is 4.20. The van der Waals surface area contributed by atoms with Crippen molar-refractivity contribution in [2.45, 2.75) is 26.9 Å². The minimum absolute atomic E-state index is 0.163. The van der Waals surface area contributed by atoms with Crippen LogP contribution in [0.3, 0.4) is 0 Å². The van der Waals surface area contributed by atoms with E-state index < -0.39 is 0 Å². The van der Waals surface area contributed by atoms with Crippen LogP contribution in [0.15, 0.2) is 40.2 Å². The first-order valence-electron chi connectivity index (χ1n) is 7.94. The van der Waals surface area contributed by atoms with Crippen molar-refractivity contribution < 1.29 is 4.79 Å². The number of nitrogens with zero attached hydrogens (tertiary/aromatic N) is 3. The molecule has 0 aliphatic heterocycles. The summed E-state index contributed by atoms with van der Waals surface area (Å²) in [5.74, 6) is -0.184. The van der Waals surface area contributed by atoms with Gasteiger partial charge in [-0.25, -0.2) is 9.67 Å². The molecular formula is C17H19N5O3. The standard InChI is InChI=1S/C17H19N5O3/c1-11-12(2)21(10-19-11)9-15(23)18-7-8-22-17(25)14-6-4-3-5-13(14)16(24)20-22/h3-6,10H,7-9H2,1-2H3,(H,18,23)(H,20,24). The van der Waals surface area contributed by atoms with E-state index in [1.54, 1.807) is 35.2 Å². The van der Waals surface area contributed by atoms with Crippen LogP contribution in [0.5, 0.6) is 0 Å². The number of H-pyrrole nitrogens is 1. The molecule has 0 atom stereocenters. The van der Waals surface area contributed by atoms with Crippen LogP contribution in [0.4, 0.5) is 0 Å². The second-order valence-corrected chi connectivity index (χ2v) is 5.84. The van der Waals surface area contributed by atoms with Crippen molar-refractivity contribution in [1.29, 1.82) is 0 Å². The molecule has 0 bridgehead atoms. The van der Waals surface area contributed by atoms with Crippen LogP contribution >= 0.6 is 0 Å². The molecule has 1 aromatic carbocycles. The number of hydrogen-bond acceptors (Lipinski definition) is 4. The molecule has 0 saturated carbocycles. The zero-order valence-electron chi connectivity index (χ0n) is 14.1. The van der Waals surface area contributed by atoms with Crippen molar-refractivity contribution in [1.82, 2.24) is 24.6 Å². The molecular weight excluding hydrogens is 322 g/mol. The van der Waals surface area contributed by atoms with Gasteiger partial charge in [-0.05, 0) is 26.0 Å². The summed E-state index contributed by atoms with van der Waals surface area (Å²) in [4.78, 5) is 40.5. The first kappa shape index (κ1) is 16.7. The molecule has 2 N–H and O–H groups in total. The van der Waals surface area contributed by atoms with E-state index in [4.69, 9.17) is 0 Å². The third-order valence-corrected chi connectivity index (χ3v) is 4.20. The second kappa shape index (κ2) is 6.76. The maximum Gasteiger partial charge on any atom is 0.273 e. The van der Waals surface area contributed by atoms with Gasteiger partial charge < -0.3 is 9.88 Å². The largest absolute Gasteiger partial charge is 0.353 e. The van der Waals surface area contributed by atoms with E-state index in [1.165, 1.54) is 4.68 Å². The normalized spacial score (nSPS) is 11.0. The Labute approximate surface area is 143 Å². The Balaban J connectivity index is 1.66. The molecule has 0 spiro atoms. The molecule has 3 aromatic rings. The number of benzene rings is 1. The van der Waals surface area contributed by atoms with Crippen LogP contribution in [0.1, 0.15) is 11.4 Å². The molecule has 25 heavy (non-hydrogen) atoms. The van der Waals surface area contributed by atoms with Crippen molar-refractivity contribution in [3.05, 3.63) is 62.7 Å². The van der Waals surface area contributed by atoms with E-state index in [0.29, 0.717) is 10.8 Å². The molecule has 0 fully saturated rings. The Kier molecular flexibility index (Phi) is 4.51. The van der Waals surface area contributed by atoms with Crippen molar-refractivity contribution in [2.75, 3.05) is 6.54 Å². The number of aromatic nitrogens is 4. The van der Waals surface area contributed by atoms with Crippen LogP contribution in [0, 0.1) is 13.8 Å². The van der Waals surface area contributed by atoms with Crippen molar-refractivity contribution in [3.8, 4) is 0 Å². The van der Waals surface area contributed by atoms with Gasteiger partial charge in [0.25, 0.3) is 11.1 Å². The van der Waals surface area contributed by atoms with Gasteiger partial charge in [0.05, 0.1) is 29.3 Å². The van der Waals surface area contributed by atoms with E-state index in [9.17, 15) is 14.4 Å². The fraction of sp³-hybridized carbons (Fsp3) is 0.294. The molecule has 0 aliphatic carbocycles. The number of aryl methyl sites for hydroxylation is 1. The topological polar surface area (TPSA) is 102 Å². The number of hydrogen-bond donors (Lipinski definition) is 2. The summed E-state index contributed by atoms with van der Waals surface area (Å²) in [6.07, 6.45) is 1.62. The molecule has 2 aromatic heterocycles. The van der Waals surface area contributed by atoms with E-state index >= 15 is 0 Å². The summed E-state index contributed by atoms with van der Waals surface area (Å²) >= 11 is 0. The lowest BCUT2D eigenvalue weighted by Crippen LogP contribution is -2.36. The molecule has 0 unspecified atom stereocenters. The van der Waals surface area contributed by atoms with Crippen molar-refractivity contribution in [2.24, 2.45) is 0 Å². The number of amides is 1. The Morgan fingerprint density at radius 1 is 1.20 bits per heavy atom. The summed E-state index contributed by atoms with van der Waals surface area (Å²) in [5, 5.41) is 6.00. The van der Waals surface area contributed by atoms with Crippen LogP contribution in [-0.4, -0.2) is 31.8 Å². The van der Waals surface area contributed by atoms with E-state index in [-0.39, 0.29) is 36.7 Å². The lowest BCUT2D eigenvalue weighted by Gasteiger charge is -2.09. The fourth-order valence-corrected chi connectivity index (χ4v) is 2.63. The Morgan fingerprint density at radius 2 is 1.92 bits per heavy atom. The van der Waals surface area contributed by atoms with Gasteiger partial charge >= 0.3 is 0 Å². The number of nitrogens with one attached hydrogen (secondary N) is 2. The molecule has 3 rings (SSSR count). The fourth-order valence-electron chi connectivity index (χ4n) is 2.63. The zero-order chi connectivity index (χ0) is 18.0. The van der Waals surface area contributed by atoms with Gasteiger partial charge in [-0.1, -0.05) is 12.1 Å². The zero-order valence-corrected chi connectivity index (χ0v) is 14.1. The number of carbonyl (C=O) groups is 1. The smallest absolute Gasteiger partial charge is 0.273 e. The number of rotatable bonds is 5. The molecule has 0 aliphatic rings. The first-order chi connectivity index (χ1) is 12.0. The summed E-state index contributed by atoms with van der Waals surface area (Å²) in [7, 11) is 0. The average Bonchev–Trinajstić information content (AvgIpc) is 2.91. The van der Waals surface area contributed by atoms with Crippen LogP contribution in [0.25, 0.3) is 10.8 Å². The van der Waals surface area contributed by atoms with Gasteiger partial charge in [0.15, 0.2) is 0 Å². The van der Waals surface area contributed by atoms with E-state index in [1.807, 2.05) is 13.8 Å². The lowest BCUT2D eigenvalue weighted by molar-refractivity contribution is -0.121. The Morgan fingerprint density at radius 3 is 2.60 bits per heavy atom. The number of aromatic amines is 1. The highest BCUT2D eigenvalue weighted by molar-refractivity contribution is 5.80. The summed E-state index contributed by atoms with van der Waals surface area (Å²) < 4.78 is 2.98. The summed E-state index contributed by atoms with van der Waals surface area (Å²) in [6, 6.07) is 6.65. The van der Waals surface area contributed by atoms with Gasteiger partial charge in [-0.3, -0.25) is 19.5 Å². The van der Waals surface area contributed by atoms with Crippen LogP contribution < -0.4 is 16.4 Å². The Hall–Kier alpha value is -3.16. The molecule has 1 amide bonds. The van der Waals surface area contributed by atoms with Crippen LogP contribution in [0.2, 0.25) is 0 Å². The molecule has 130 valence electrons. The minimum atomic E-state index is -0.328. The minimum Gasteiger partial charge on any atom is -0.353 e. The molecule has 0 saturated heterocycles. The number of carbonyl (C=O) groups excluding carboxylic acids is 1. The SMILES string of the molecule is Cc1ncn(CC(=O)NCCn2[nH]c(=O)c3ccccc3c2=O)c1C. The third kappa shape index (κ3) is 3.37. The predicted octanol–water partition coefficient (Wildman–Crippen LogP) is 0.320. The number of imidazole rings is 1. The van der Waals surface area contributed by atoms with Gasteiger partial charge in [-0.2, -0.15) is 0 Å². The van der Waals surface area contributed by atoms with Gasteiger partial charge in [0, 0.05) is 12.2 Å². The van der Waals surface area contributed by atoms with Crippen molar-refractivity contribution >= 4 is 16.7 Å². The predicted molar refractivity (Wildman–Crippen MR) is 93.5 cm³/mol. The summed E-state index contributed by atoms with van der Waals surface area (Å²) in [5.41, 5.74) is 1.20. The maximum atomic E-state index is 12.4. The lowest BCUT2D eigenvalue weighted by atomic mass is 10.2. The van der Waals surface area contributed by atoms with E-state index in [0.717, 1.165) is 11.4 Å².